The Hall–Kier alpha value is -2.08. The number of rotatable bonds is 6. The van der Waals surface area contributed by atoms with Gasteiger partial charge in [-0.1, -0.05) is 0 Å². The van der Waals surface area contributed by atoms with Gasteiger partial charge in [0.05, 0.1) is 13.7 Å². The second kappa shape index (κ2) is 5.50. The quantitative estimate of drug-likeness (QED) is 0.856. The van der Waals surface area contributed by atoms with E-state index in [4.69, 9.17) is 9.15 Å². The van der Waals surface area contributed by atoms with Crippen LogP contribution in [0.15, 0.2) is 33.5 Å². The van der Waals surface area contributed by atoms with Crippen molar-refractivity contribution >= 4 is 0 Å². The van der Waals surface area contributed by atoms with E-state index >= 15 is 0 Å². The molecule has 3 rings (SSSR count). The minimum Gasteiger partial charge on any atom is -0.480 e. The summed E-state index contributed by atoms with van der Waals surface area (Å²) in [5, 5.41) is 7.47. The van der Waals surface area contributed by atoms with Crippen LogP contribution < -0.4 is 15.6 Å². The van der Waals surface area contributed by atoms with Gasteiger partial charge in [0.2, 0.25) is 5.88 Å². The Morgan fingerprint density at radius 1 is 1.35 bits per heavy atom. The number of nitrogens with one attached hydrogen (secondary N) is 1. The van der Waals surface area contributed by atoms with Crippen LogP contribution in [0.5, 0.6) is 5.88 Å². The minimum absolute atomic E-state index is 0.181. The Morgan fingerprint density at radius 2 is 2.15 bits per heavy atom. The number of ether oxygens (including phenoxy) is 1. The number of aromatic nitrogens is 2. The summed E-state index contributed by atoms with van der Waals surface area (Å²) >= 11 is 0. The van der Waals surface area contributed by atoms with Gasteiger partial charge in [0.1, 0.15) is 18.1 Å². The normalized spacial score (nSPS) is 14.4. The van der Waals surface area contributed by atoms with E-state index < -0.39 is 0 Å². The van der Waals surface area contributed by atoms with Crippen LogP contribution in [0.4, 0.5) is 0 Å². The lowest BCUT2D eigenvalue weighted by Crippen LogP contribution is -2.22. The number of nitrogens with zero attached hydrogens (tertiary/aromatic N) is 2. The van der Waals surface area contributed by atoms with Crippen molar-refractivity contribution in [3.63, 3.8) is 0 Å². The first-order valence-electron chi connectivity index (χ1n) is 6.68. The van der Waals surface area contributed by atoms with Crippen LogP contribution in [-0.4, -0.2) is 22.9 Å². The van der Waals surface area contributed by atoms with Gasteiger partial charge in [0, 0.05) is 18.2 Å². The molecule has 0 spiro atoms. The molecule has 1 N–H and O–H groups in total. The van der Waals surface area contributed by atoms with Gasteiger partial charge in [-0.25, -0.2) is 4.68 Å². The average molecular weight is 275 g/mol. The fraction of sp³-hybridized carbons (Fsp3) is 0.429. The van der Waals surface area contributed by atoms with Gasteiger partial charge in [-0.2, -0.15) is 0 Å². The third-order valence-corrected chi connectivity index (χ3v) is 3.22. The summed E-state index contributed by atoms with van der Waals surface area (Å²) in [6, 6.07) is 7.43. The molecule has 2 aromatic heterocycles. The summed E-state index contributed by atoms with van der Waals surface area (Å²) in [7, 11) is 1.52. The number of furan rings is 1. The predicted molar refractivity (Wildman–Crippen MR) is 72.7 cm³/mol. The smallest absolute Gasteiger partial charge is 0.267 e. The molecule has 0 radical (unpaired) electrons. The maximum Gasteiger partial charge on any atom is 0.267 e. The van der Waals surface area contributed by atoms with E-state index in [0.29, 0.717) is 24.2 Å². The maximum atomic E-state index is 11.7. The molecule has 1 saturated carbocycles. The maximum absolute atomic E-state index is 11.7. The summed E-state index contributed by atoms with van der Waals surface area (Å²) in [4.78, 5) is 11.7. The highest BCUT2D eigenvalue weighted by atomic mass is 16.5. The van der Waals surface area contributed by atoms with Crippen LogP contribution in [0.1, 0.15) is 24.4 Å². The van der Waals surface area contributed by atoms with Gasteiger partial charge in [-0.3, -0.25) is 4.79 Å². The third-order valence-electron chi connectivity index (χ3n) is 3.22. The molecule has 1 aliphatic carbocycles. The van der Waals surface area contributed by atoms with Gasteiger partial charge in [-0.15, -0.1) is 5.10 Å². The van der Waals surface area contributed by atoms with Crippen molar-refractivity contribution in [3.05, 3.63) is 46.1 Å². The van der Waals surface area contributed by atoms with Crippen LogP contribution in [0.2, 0.25) is 0 Å². The van der Waals surface area contributed by atoms with E-state index in [1.807, 2.05) is 12.1 Å². The molecule has 20 heavy (non-hydrogen) atoms. The van der Waals surface area contributed by atoms with Gasteiger partial charge >= 0.3 is 0 Å². The van der Waals surface area contributed by atoms with Crippen molar-refractivity contribution in [2.24, 2.45) is 0 Å². The van der Waals surface area contributed by atoms with Crippen LogP contribution >= 0.6 is 0 Å². The standard InChI is InChI=1S/C14H17N3O3/c1-19-13-6-7-14(18)17(16-13)9-12-5-4-11(20-12)8-15-10-2-3-10/h4-7,10,15H,2-3,8-9H2,1H3. The van der Waals surface area contributed by atoms with Crippen molar-refractivity contribution in [1.29, 1.82) is 0 Å². The zero-order valence-corrected chi connectivity index (χ0v) is 11.3. The molecule has 0 atom stereocenters. The Kier molecular flexibility index (Phi) is 3.56. The lowest BCUT2D eigenvalue weighted by Gasteiger charge is -2.04. The SMILES string of the molecule is COc1ccc(=O)n(Cc2ccc(CNC3CC3)o2)n1. The first-order valence-corrected chi connectivity index (χ1v) is 6.68. The highest BCUT2D eigenvalue weighted by Crippen LogP contribution is 2.19. The van der Waals surface area contributed by atoms with Crippen molar-refractivity contribution in [2.45, 2.75) is 32.0 Å². The lowest BCUT2D eigenvalue weighted by molar-refractivity contribution is 0.370. The largest absolute Gasteiger partial charge is 0.480 e. The Bertz CT molecular complexity index is 643. The molecule has 6 heteroatoms. The second-order valence-electron chi connectivity index (χ2n) is 4.89. The molecule has 2 heterocycles. The van der Waals surface area contributed by atoms with E-state index in [-0.39, 0.29) is 5.56 Å². The molecule has 0 bridgehead atoms. The lowest BCUT2D eigenvalue weighted by atomic mass is 10.4. The molecule has 106 valence electrons. The van der Waals surface area contributed by atoms with Crippen LogP contribution in [-0.2, 0) is 13.1 Å². The van der Waals surface area contributed by atoms with Crippen LogP contribution in [0.25, 0.3) is 0 Å². The molecular formula is C14H17N3O3. The first-order chi connectivity index (χ1) is 9.74. The zero-order valence-electron chi connectivity index (χ0n) is 11.3. The van der Waals surface area contributed by atoms with Gasteiger partial charge < -0.3 is 14.5 Å². The molecular weight excluding hydrogens is 258 g/mol. The molecule has 0 aliphatic heterocycles. The fourth-order valence-electron chi connectivity index (χ4n) is 1.93. The Labute approximate surface area is 116 Å². The predicted octanol–water partition coefficient (Wildman–Crippen LogP) is 1.15. The van der Waals surface area contributed by atoms with Gasteiger partial charge in [-0.05, 0) is 25.0 Å². The summed E-state index contributed by atoms with van der Waals surface area (Å²) in [6.45, 7) is 1.03. The van der Waals surface area contributed by atoms with E-state index in [9.17, 15) is 4.79 Å². The molecule has 1 aliphatic rings. The number of hydrogen-bond donors (Lipinski definition) is 1. The minimum atomic E-state index is -0.181. The van der Waals surface area contributed by atoms with E-state index in [1.165, 1.54) is 30.7 Å². The molecule has 2 aromatic rings. The van der Waals surface area contributed by atoms with Crippen LogP contribution in [0.3, 0.4) is 0 Å². The van der Waals surface area contributed by atoms with E-state index in [2.05, 4.69) is 10.4 Å². The molecule has 6 nitrogen and oxygen atoms in total. The topological polar surface area (TPSA) is 69.3 Å². The molecule has 0 unspecified atom stereocenters. The zero-order chi connectivity index (χ0) is 13.9. The molecule has 0 aromatic carbocycles. The average Bonchev–Trinajstić information content (AvgIpc) is 3.19. The van der Waals surface area contributed by atoms with Gasteiger partial charge in [0.25, 0.3) is 5.56 Å². The molecule has 0 amide bonds. The monoisotopic (exact) mass is 275 g/mol. The fourth-order valence-corrected chi connectivity index (χ4v) is 1.93. The molecule has 0 saturated heterocycles. The highest BCUT2D eigenvalue weighted by molar-refractivity contribution is 5.10. The number of hydrogen-bond acceptors (Lipinski definition) is 5. The Balaban J connectivity index is 1.68. The van der Waals surface area contributed by atoms with E-state index in [1.54, 1.807) is 6.07 Å². The van der Waals surface area contributed by atoms with Crippen LogP contribution in [0, 0.1) is 0 Å². The number of methoxy groups -OCH3 is 1. The summed E-state index contributed by atoms with van der Waals surface area (Å²) in [5.74, 6) is 2.00. The van der Waals surface area contributed by atoms with Crippen molar-refractivity contribution in [1.82, 2.24) is 15.1 Å². The third kappa shape index (κ3) is 3.08. The summed E-state index contributed by atoms with van der Waals surface area (Å²) < 4.78 is 12.0. The van der Waals surface area contributed by atoms with Crippen molar-refractivity contribution < 1.29 is 9.15 Å². The Morgan fingerprint density at radius 3 is 2.90 bits per heavy atom. The van der Waals surface area contributed by atoms with Crippen molar-refractivity contribution in [3.8, 4) is 5.88 Å². The summed E-state index contributed by atoms with van der Waals surface area (Å²) in [5.41, 5.74) is -0.181. The van der Waals surface area contributed by atoms with E-state index in [0.717, 1.165) is 12.3 Å². The van der Waals surface area contributed by atoms with Gasteiger partial charge in [0.15, 0.2) is 0 Å². The summed E-state index contributed by atoms with van der Waals surface area (Å²) in [6.07, 6.45) is 2.49. The first kappa shape index (κ1) is 12.9. The molecule has 1 fully saturated rings. The highest BCUT2D eigenvalue weighted by Gasteiger charge is 2.20. The van der Waals surface area contributed by atoms with Crippen molar-refractivity contribution in [2.75, 3.05) is 7.11 Å². The second-order valence-corrected chi connectivity index (χ2v) is 4.89.